The monoisotopic (exact) mass is 336 g/mol. The first-order chi connectivity index (χ1) is 10.7. The van der Waals surface area contributed by atoms with Gasteiger partial charge in [0.15, 0.2) is 9.84 Å². The second-order valence-corrected chi connectivity index (χ2v) is 8.76. The molecule has 23 heavy (non-hydrogen) atoms. The minimum Gasteiger partial charge on any atom is -0.477 e. The molecule has 0 atom stereocenters. The number of sulfone groups is 1. The number of aromatic nitrogens is 2. The Balaban J connectivity index is 1.93. The van der Waals surface area contributed by atoms with Crippen molar-refractivity contribution in [1.29, 1.82) is 0 Å². The summed E-state index contributed by atoms with van der Waals surface area (Å²) in [7, 11) is -2.86. The fourth-order valence-electron chi connectivity index (χ4n) is 2.72. The molecule has 1 aliphatic rings. The molecule has 4 N–H and O–H groups in total. The predicted octanol–water partition coefficient (Wildman–Crippen LogP) is 0.829. The lowest BCUT2D eigenvalue weighted by Crippen LogP contribution is -2.40. The smallest absolute Gasteiger partial charge is 0.222 e. The van der Waals surface area contributed by atoms with Gasteiger partial charge in [0.2, 0.25) is 5.88 Å². The summed E-state index contributed by atoms with van der Waals surface area (Å²) < 4.78 is 28.1. The van der Waals surface area contributed by atoms with Gasteiger partial charge in [0.25, 0.3) is 0 Å². The van der Waals surface area contributed by atoms with Crippen molar-refractivity contribution in [3.8, 4) is 5.88 Å². The highest BCUT2D eigenvalue weighted by molar-refractivity contribution is 7.92. The van der Waals surface area contributed by atoms with Crippen molar-refractivity contribution in [2.45, 2.75) is 19.4 Å². The third-order valence-corrected chi connectivity index (χ3v) is 5.84. The summed E-state index contributed by atoms with van der Waals surface area (Å²) in [6, 6.07) is 1.75. The Hall–Kier alpha value is -1.93. The van der Waals surface area contributed by atoms with E-state index >= 15 is 0 Å². The molecule has 0 aromatic carbocycles. The number of rotatable bonds is 4. The Bertz CT molecular complexity index is 847. The number of ether oxygens (including phenoxy) is 1. The first-order valence-corrected chi connectivity index (χ1v) is 9.15. The van der Waals surface area contributed by atoms with Gasteiger partial charge in [-0.05, 0) is 30.9 Å². The van der Waals surface area contributed by atoms with Crippen LogP contribution in [0.4, 0.5) is 5.82 Å². The van der Waals surface area contributed by atoms with Crippen LogP contribution < -0.4 is 16.2 Å². The summed E-state index contributed by atoms with van der Waals surface area (Å²) in [6.07, 6.45) is 3.29. The Morgan fingerprint density at radius 3 is 2.57 bits per heavy atom. The number of fused-ring (bicyclic) bond motifs is 1. The quantitative estimate of drug-likeness (QED) is 0.848. The van der Waals surface area contributed by atoms with E-state index in [9.17, 15) is 8.42 Å². The van der Waals surface area contributed by atoms with Gasteiger partial charge in [-0.1, -0.05) is 0 Å². The predicted molar refractivity (Wildman–Crippen MR) is 88.8 cm³/mol. The summed E-state index contributed by atoms with van der Waals surface area (Å²) in [5, 5.41) is 1.56. The molecule has 2 aromatic rings. The first-order valence-electron chi connectivity index (χ1n) is 7.32. The van der Waals surface area contributed by atoms with Crippen molar-refractivity contribution < 1.29 is 13.2 Å². The van der Waals surface area contributed by atoms with Crippen molar-refractivity contribution in [2.75, 3.05) is 23.8 Å². The van der Waals surface area contributed by atoms with E-state index in [0.29, 0.717) is 18.3 Å². The van der Waals surface area contributed by atoms with E-state index < -0.39 is 15.4 Å². The number of hydrogen-bond donors (Lipinski definition) is 2. The van der Waals surface area contributed by atoms with E-state index in [-0.39, 0.29) is 17.4 Å². The Morgan fingerprint density at radius 2 is 1.96 bits per heavy atom. The van der Waals surface area contributed by atoms with E-state index in [4.69, 9.17) is 16.2 Å². The van der Waals surface area contributed by atoms with Crippen LogP contribution in [0.15, 0.2) is 18.5 Å². The molecule has 0 amide bonds. The van der Waals surface area contributed by atoms with Crippen molar-refractivity contribution in [1.82, 2.24) is 9.97 Å². The summed E-state index contributed by atoms with van der Waals surface area (Å²) in [5.74, 6) is 1.17. The van der Waals surface area contributed by atoms with Crippen molar-refractivity contribution in [3.63, 3.8) is 0 Å². The van der Waals surface area contributed by atoms with Crippen molar-refractivity contribution >= 4 is 26.4 Å². The molecule has 0 aliphatic carbocycles. The van der Waals surface area contributed by atoms with E-state index in [1.165, 1.54) is 0 Å². The number of anilines is 1. The lowest BCUT2D eigenvalue weighted by molar-refractivity contribution is 0.257. The summed E-state index contributed by atoms with van der Waals surface area (Å²) in [5.41, 5.74) is 12.2. The molecule has 0 unspecified atom stereocenters. The van der Waals surface area contributed by atoms with Crippen LogP contribution in [0.2, 0.25) is 0 Å². The molecule has 0 spiro atoms. The Kier molecular flexibility index (Phi) is 3.68. The van der Waals surface area contributed by atoms with Gasteiger partial charge >= 0.3 is 0 Å². The van der Waals surface area contributed by atoms with Crippen LogP contribution in [0, 0.1) is 5.92 Å². The summed E-state index contributed by atoms with van der Waals surface area (Å²) in [6.45, 7) is 4.09. The minimum absolute atomic E-state index is 0.0178. The van der Waals surface area contributed by atoms with Gasteiger partial charge in [0.1, 0.15) is 5.82 Å². The summed E-state index contributed by atoms with van der Waals surface area (Å²) >= 11 is 0. The van der Waals surface area contributed by atoms with Crippen LogP contribution in [-0.4, -0.2) is 36.5 Å². The molecule has 8 heteroatoms. The molecule has 0 bridgehead atoms. The molecular weight excluding hydrogens is 316 g/mol. The van der Waals surface area contributed by atoms with Gasteiger partial charge in [-0.25, -0.2) is 18.4 Å². The highest BCUT2D eigenvalue weighted by atomic mass is 32.2. The van der Waals surface area contributed by atoms with Gasteiger partial charge in [0.05, 0.1) is 23.5 Å². The number of pyridine rings is 2. The molecule has 3 heterocycles. The molecule has 2 aromatic heterocycles. The standard InChI is InChI=1S/C15H20N4O3S/c1-15(2,17)12-5-19-14(11-4-18-13(16)3-10(11)12)22-6-9-7-23(20,21)8-9/h3-5,9H,6-8,17H2,1-2H3,(H2,16,18). The number of nitrogens with zero attached hydrogens (tertiary/aromatic N) is 2. The van der Waals surface area contributed by atoms with Gasteiger partial charge < -0.3 is 16.2 Å². The molecule has 1 fully saturated rings. The average Bonchev–Trinajstić information content (AvgIpc) is 2.40. The van der Waals surface area contributed by atoms with Crippen molar-refractivity contribution in [2.24, 2.45) is 11.7 Å². The fourth-order valence-corrected chi connectivity index (χ4v) is 4.25. The Morgan fingerprint density at radius 1 is 1.26 bits per heavy atom. The second kappa shape index (κ2) is 5.31. The van der Waals surface area contributed by atoms with E-state index in [1.54, 1.807) is 18.5 Å². The minimum atomic E-state index is -2.86. The lowest BCUT2D eigenvalue weighted by atomic mass is 9.93. The first kappa shape index (κ1) is 15.9. The van der Waals surface area contributed by atoms with E-state index in [2.05, 4.69) is 9.97 Å². The maximum absolute atomic E-state index is 11.2. The molecule has 1 saturated heterocycles. The number of nitrogen functional groups attached to an aromatic ring is 1. The number of hydrogen-bond acceptors (Lipinski definition) is 7. The maximum atomic E-state index is 11.2. The van der Waals surface area contributed by atoms with Gasteiger partial charge in [-0.2, -0.15) is 0 Å². The van der Waals surface area contributed by atoms with Crippen molar-refractivity contribution in [3.05, 3.63) is 24.0 Å². The SMILES string of the molecule is CC(C)(N)c1cnc(OCC2CS(=O)(=O)C2)c2cnc(N)cc12. The zero-order valence-corrected chi connectivity index (χ0v) is 13.9. The van der Waals surface area contributed by atoms with Crippen LogP contribution in [0.5, 0.6) is 5.88 Å². The molecule has 1 aliphatic heterocycles. The molecule has 7 nitrogen and oxygen atoms in total. The molecular formula is C15H20N4O3S. The molecule has 0 saturated carbocycles. The van der Waals surface area contributed by atoms with Crippen LogP contribution >= 0.6 is 0 Å². The van der Waals surface area contributed by atoms with Gasteiger partial charge in [0, 0.05) is 23.9 Å². The third-order valence-electron chi connectivity index (χ3n) is 3.89. The third kappa shape index (κ3) is 3.23. The van der Waals surface area contributed by atoms with Crippen LogP contribution in [0.25, 0.3) is 10.8 Å². The van der Waals surface area contributed by atoms with E-state index in [1.807, 2.05) is 13.8 Å². The Labute approximate surface area is 135 Å². The highest BCUT2D eigenvalue weighted by Crippen LogP contribution is 2.32. The zero-order chi connectivity index (χ0) is 16.8. The highest BCUT2D eigenvalue weighted by Gasteiger charge is 2.34. The normalized spacial score (nSPS) is 17.9. The van der Waals surface area contributed by atoms with Crippen LogP contribution in [0.3, 0.4) is 0 Å². The zero-order valence-electron chi connectivity index (χ0n) is 13.1. The molecule has 3 rings (SSSR count). The molecule has 0 radical (unpaired) electrons. The number of nitrogens with two attached hydrogens (primary N) is 2. The second-order valence-electron chi connectivity index (χ2n) is 6.61. The summed E-state index contributed by atoms with van der Waals surface area (Å²) in [4.78, 5) is 8.43. The largest absolute Gasteiger partial charge is 0.477 e. The average molecular weight is 336 g/mol. The van der Waals surface area contributed by atoms with Crippen LogP contribution in [0.1, 0.15) is 19.4 Å². The van der Waals surface area contributed by atoms with E-state index in [0.717, 1.165) is 16.3 Å². The lowest BCUT2D eigenvalue weighted by Gasteiger charge is -2.26. The van der Waals surface area contributed by atoms with Gasteiger partial charge in [-0.3, -0.25) is 0 Å². The fraction of sp³-hybridized carbons (Fsp3) is 0.467. The van der Waals surface area contributed by atoms with Gasteiger partial charge in [-0.15, -0.1) is 0 Å². The van der Waals surface area contributed by atoms with Crippen LogP contribution in [-0.2, 0) is 15.4 Å². The maximum Gasteiger partial charge on any atom is 0.222 e. The molecule has 124 valence electrons. The topological polar surface area (TPSA) is 121 Å².